The van der Waals surface area contributed by atoms with E-state index in [9.17, 15) is 0 Å². The normalized spacial score (nSPS) is 14.1. The molecule has 1 aromatic rings. The predicted molar refractivity (Wildman–Crippen MR) is 69.0 cm³/mol. The molecule has 0 spiro atoms. The van der Waals surface area contributed by atoms with Crippen molar-refractivity contribution in [2.24, 2.45) is 5.41 Å². The Kier molecular flexibility index (Phi) is 3.92. The zero-order chi connectivity index (χ0) is 12.3. The molecule has 16 heavy (non-hydrogen) atoms. The molecule has 0 saturated heterocycles. The van der Waals surface area contributed by atoms with E-state index in [1.807, 2.05) is 12.1 Å². The van der Waals surface area contributed by atoms with Gasteiger partial charge in [-0.1, -0.05) is 20.8 Å². The van der Waals surface area contributed by atoms with Gasteiger partial charge in [-0.05, 0) is 31.5 Å². The van der Waals surface area contributed by atoms with Crippen LogP contribution in [0.4, 0.5) is 5.69 Å². The maximum Gasteiger partial charge on any atom is 0.0564 e. The molecular weight excluding hydrogens is 198 g/mol. The number of rotatable bonds is 3. The molecule has 0 fully saturated rings. The fourth-order valence-electron chi connectivity index (χ4n) is 1.64. The molecule has 3 heteroatoms. The first kappa shape index (κ1) is 13.0. The third kappa shape index (κ3) is 3.49. The molecule has 0 saturated carbocycles. The molecule has 0 aromatic carbocycles. The molecule has 1 unspecified atom stereocenters. The van der Waals surface area contributed by atoms with Crippen molar-refractivity contribution >= 4 is 5.69 Å². The average molecular weight is 221 g/mol. The van der Waals surface area contributed by atoms with E-state index in [2.05, 4.69) is 44.6 Å². The topological polar surface area (TPSA) is 42.1 Å². The van der Waals surface area contributed by atoms with Crippen molar-refractivity contribution in [3.63, 3.8) is 0 Å². The number of hydrogen-bond acceptors (Lipinski definition) is 3. The minimum atomic E-state index is 0.273. The van der Waals surface area contributed by atoms with Crippen LogP contribution < -0.4 is 5.73 Å². The average Bonchev–Trinajstić information content (AvgIpc) is 2.15. The maximum absolute atomic E-state index is 5.74. The van der Waals surface area contributed by atoms with Crippen molar-refractivity contribution in [2.45, 2.75) is 40.3 Å². The summed E-state index contributed by atoms with van der Waals surface area (Å²) in [5.74, 6) is 0. The van der Waals surface area contributed by atoms with E-state index in [1.165, 1.54) is 0 Å². The highest BCUT2D eigenvalue weighted by Gasteiger charge is 2.23. The summed E-state index contributed by atoms with van der Waals surface area (Å²) in [4.78, 5) is 6.63. The Morgan fingerprint density at radius 2 is 2.06 bits per heavy atom. The quantitative estimate of drug-likeness (QED) is 0.853. The lowest BCUT2D eigenvalue weighted by molar-refractivity contribution is 0.133. The molecule has 1 atom stereocenters. The number of pyridine rings is 1. The number of anilines is 1. The fraction of sp³-hybridized carbons (Fsp3) is 0.615. The zero-order valence-corrected chi connectivity index (χ0v) is 11.0. The Morgan fingerprint density at radius 3 is 2.56 bits per heavy atom. The van der Waals surface area contributed by atoms with Crippen molar-refractivity contribution in [2.75, 3.05) is 12.8 Å². The third-order valence-electron chi connectivity index (χ3n) is 3.17. The van der Waals surface area contributed by atoms with E-state index in [-0.39, 0.29) is 5.41 Å². The van der Waals surface area contributed by atoms with E-state index >= 15 is 0 Å². The molecule has 1 rings (SSSR count). The van der Waals surface area contributed by atoms with Crippen LogP contribution in [-0.4, -0.2) is 23.0 Å². The zero-order valence-electron chi connectivity index (χ0n) is 11.0. The van der Waals surface area contributed by atoms with Crippen molar-refractivity contribution < 1.29 is 0 Å². The maximum atomic E-state index is 5.74. The van der Waals surface area contributed by atoms with Gasteiger partial charge in [-0.3, -0.25) is 9.88 Å². The van der Waals surface area contributed by atoms with Crippen molar-refractivity contribution in [3.8, 4) is 0 Å². The second-order valence-electron chi connectivity index (χ2n) is 5.54. The van der Waals surface area contributed by atoms with Gasteiger partial charge < -0.3 is 5.73 Å². The van der Waals surface area contributed by atoms with Gasteiger partial charge in [0.2, 0.25) is 0 Å². The molecule has 0 amide bonds. The van der Waals surface area contributed by atoms with Gasteiger partial charge >= 0.3 is 0 Å². The van der Waals surface area contributed by atoms with Gasteiger partial charge in [-0.2, -0.15) is 0 Å². The van der Waals surface area contributed by atoms with Crippen molar-refractivity contribution in [1.29, 1.82) is 0 Å². The van der Waals surface area contributed by atoms with Crippen LogP contribution in [0.5, 0.6) is 0 Å². The first-order valence-corrected chi connectivity index (χ1v) is 5.71. The van der Waals surface area contributed by atoms with Gasteiger partial charge in [0.05, 0.1) is 5.69 Å². The Balaban J connectivity index is 2.68. The van der Waals surface area contributed by atoms with Crippen LogP contribution in [-0.2, 0) is 6.54 Å². The summed E-state index contributed by atoms with van der Waals surface area (Å²) >= 11 is 0. The summed E-state index contributed by atoms with van der Waals surface area (Å²) in [6.07, 6.45) is 1.76. The van der Waals surface area contributed by atoms with Crippen LogP contribution in [0.15, 0.2) is 18.3 Å². The Morgan fingerprint density at radius 1 is 1.44 bits per heavy atom. The Bertz CT molecular complexity index is 341. The first-order valence-electron chi connectivity index (χ1n) is 5.71. The standard InChI is InChI=1S/C13H23N3/c1-10(13(2,3)4)16(5)9-12-8-11(14)6-7-15-12/h6-8,10H,9H2,1-5H3,(H2,14,15). The summed E-state index contributed by atoms with van der Waals surface area (Å²) in [5, 5.41) is 0. The number of nitrogens with zero attached hydrogens (tertiary/aromatic N) is 2. The van der Waals surface area contributed by atoms with Crippen LogP contribution >= 0.6 is 0 Å². The summed E-state index contributed by atoms with van der Waals surface area (Å²) in [5.41, 5.74) is 7.82. The van der Waals surface area contributed by atoms with E-state index < -0.39 is 0 Å². The minimum Gasteiger partial charge on any atom is -0.399 e. The van der Waals surface area contributed by atoms with Gasteiger partial charge in [0, 0.05) is 24.5 Å². The van der Waals surface area contributed by atoms with Crippen molar-refractivity contribution in [1.82, 2.24) is 9.88 Å². The largest absolute Gasteiger partial charge is 0.399 e. The van der Waals surface area contributed by atoms with Crippen LogP contribution in [0.1, 0.15) is 33.4 Å². The van der Waals surface area contributed by atoms with E-state index in [4.69, 9.17) is 5.73 Å². The smallest absolute Gasteiger partial charge is 0.0564 e. The molecule has 1 aromatic heterocycles. The summed E-state index contributed by atoms with van der Waals surface area (Å²) in [7, 11) is 2.13. The molecule has 1 heterocycles. The van der Waals surface area contributed by atoms with Crippen LogP contribution in [0.3, 0.4) is 0 Å². The molecular formula is C13H23N3. The lowest BCUT2D eigenvalue weighted by Crippen LogP contribution is -2.38. The van der Waals surface area contributed by atoms with E-state index in [0.717, 1.165) is 17.9 Å². The van der Waals surface area contributed by atoms with Crippen molar-refractivity contribution in [3.05, 3.63) is 24.0 Å². The second-order valence-corrected chi connectivity index (χ2v) is 5.54. The second kappa shape index (κ2) is 4.83. The number of aromatic nitrogens is 1. The lowest BCUT2D eigenvalue weighted by Gasteiger charge is -2.35. The monoisotopic (exact) mass is 221 g/mol. The molecule has 0 aliphatic carbocycles. The molecule has 0 aliphatic heterocycles. The lowest BCUT2D eigenvalue weighted by atomic mass is 9.87. The summed E-state index contributed by atoms with van der Waals surface area (Å²) in [6, 6.07) is 4.25. The highest BCUT2D eigenvalue weighted by Crippen LogP contribution is 2.23. The molecule has 0 radical (unpaired) electrons. The molecule has 3 nitrogen and oxygen atoms in total. The fourth-order valence-corrected chi connectivity index (χ4v) is 1.64. The number of nitrogen functional groups attached to an aromatic ring is 1. The van der Waals surface area contributed by atoms with E-state index in [0.29, 0.717) is 6.04 Å². The molecule has 0 bridgehead atoms. The highest BCUT2D eigenvalue weighted by atomic mass is 15.1. The van der Waals surface area contributed by atoms with Crippen LogP contribution in [0, 0.1) is 5.41 Å². The Hall–Kier alpha value is -1.09. The van der Waals surface area contributed by atoms with Gasteiger partial charge in [0.25, 0.3) is 0 Å². The molecule has 90 valence electrons. The third-order valence-corrected chi connectivity index (χ3v) is 3.17. The summed E-state index contributed by atoms with van der Waals surface area (Å²) in [6.45, 7) is 9.83. The van der Waals surface area contributed by atoms with Crippen LogP contribution in [0.2, 0.25) is 0 Å². The minimum absolute atomic E-state index is 0.273. The SMILES string of the molecule is CC(N(C)Cc1cc(N)ccn1)C(C)(C)C. The van der Waals surface area contributed by atoms with Gasteiger partial charge in [-0.25, -0.2) is 0 Å². The van der Waals surface area contributed by atoms with E-state index in [1.54, 1.807) is 6.20 Å². The highest BCUT2D eigenvalue weighted by molar-refractivity contribution is 5.37. The Labute approximate surface area is 98.7 Å². The number of nitrogens with two attached hydrogens (primary N) is 1. The van der Waals surface area contributed by atoms with Gasteiger partial charge in [0.1, 0.15) is 0 Å². The summed E-state index contributed by atoms with van der Waals surface area (Å²) < 4.78 is 0. The van der Waals surface area contributed by atoms with Gasteiger partial charge in [-0.15, -0.1) is 0 Å². The van der Waals surface area contributed by atoms with Crippen LogP contribution in [0.25, 0.3) is 0 Å². The number of hydrogen-bond donors (Lipinski definition) is 1. The molecule has 0 aliphatic rings. The molecule has 2 N–H and O–H groups in total. The first-order chi connectivity index (χ1) is 7.30. The van der Waals surface area contributed by atoms with Gasteiger partial charge in [0.15, 0.2) is 0 Å². The predicted octanol–water partition coefficient (Wildman–Crippen LogP) is 2.53.